The van der Waals surface area contributed by atoms with Crippen LogP contribution in [0.1, 0.15) is 37.7 Å². The maximum absolute atomic E-state index is 12.8. The molecule has 1 aliphatic carbocycles. The summed E-state index contributed by atoms with van der Waals surface area (Å²) in [5.74, 6) is -0.907. The standard InChI is InChI=1S/C24H31F3O6/c1-32-23(31)10-5-3-2-4-9-19-20(22(30)14-21(19)29)12-11-17(28)15-33-18-8-6-7-16(13-18)24(25,26)27/h2,4,6-8,11-13,17,19-22,28-30H,3,5,9-10,14-15H2,1H3/b4-2-,12-11+/t17-,19-,20-,21-,22-/m1/s1. The highest BCUT2D eigenvalue weighted by Gasteiger charge is 2.39. The first kappa shape index (κ1) is 26.9. The molecule has 0 radical (unpaired) electrons. The quantitative estimate of drug-likeness (QED) is 0.259. The molecular formula is C24H31F3O6. The number of unbranched alkanes of at least 4 members (excludes halogenated alkanes) is 1. The van der Waals surface area contributed by atoms with E-state index in [0.717, 1.165) is 12.1 Å². The highest BCUT2D eigenvalue weighted by atomic mass is 19.4. The van der Waals surface area contributed by atoms with Gasteiger partial charge in [0.1, 0.15) is 18.5 Å². The number of esters is 1. The number of aliphatic hydroxyl groups excluding tert-OH is 3. The van der Waals surface area contributed by atoms with Crippen LogP contribution >= 0.6 is 0 Å². The molecule has 0 amide bonds. The fourth-order valence-electron chi connectivity index (χ4n) is 3.80. The molecule has 0 aromatic heterocycles. The molecule has 33 heavy (non-hydrogen) atoms. The number of carbonyl (C=O) groups is 1. The van der Waals surface area contributed by atoms with E-state index in [1.807, 2.05) is 12.2 Å². The fraction of sp³-hybridized carbons (Fsp3) is 0.542. The molecule has 5 atom stereocenters. The number of ether oxygens (including phenoxy) is 2. The summed E-state index contributed by atoms with van der Waals surface area (Å²) in [6, 6.07) is 4.39. The van der Waals surface area contributed by atoms with E-state index in [2.05, 4.69) is 4.74 Å². The molecular weight excluding hydrogens is 441 g/mol. The van der Waals surface area contributed by atoms with Crippen molar-refractivity contribution in [2.24, 2.45) is 11.8 Å². The zero-order chi connectivity index (χ0) is 24.4. The van der Waals surface area contributed by atoms with Crippen LogP contribution in [-0.2, 0) is 15.7 Å². The molecule has 2 rings (SSSR count). The van der Waals surface area contributed by atoms with Crippen molar-refractivity contribution < 1.29 is 42.8 Å². The van der Waals surface area contributed by atoms with Crippen LogP contribution in [-0.4, -0.2) is 53.3 Å². The molecule has 1 fully saturated rings. The molecule has 0 aliphatic heterocycles. The first-order chi connectivity index (χ1) is 15.6. The Kier molecular flexibility index (Phi) is 10.4. The van der Waals surface area contributed by atoms with Gasteiger partial charge in [-0.1, -0.05) is 30.4 Å². The number of halogens is 3. The molecule has 0 heterocycles. The summed E-state index contributed by atoms with van der Waals surface area (Å²) in [5, 5.41) is 30.7. The number of hydrogen-bond donors (Lipinski definition) is 3. The van der Waals surface area contributed by atoms with E-state index < -0.39 is 30.1 Å². The Morgan fingerprint density at radius 3 is 2.70 bits per heavy atom. The van der Waals surface area contributed by atoms with Crippen LogP contribution in [0.3, 0.4) is 0 Å². The molecule has 0 saturated heterocycles. The van der Waals surface area contributed by atoms with Crippen LogP contribution in [0.4, 0.5) is 13.2 Å². The highest BCUT2D eigenvalue weighted by Crippen LogP contribution is 2.36. The summed E-state index contributed by atoms with van der Waals surface area (Å²) in [6.07, 6.45) is 2.21. The van der Waals surface area contributed by atoms with Gasteiger partial charge in [0.05, 0.1) is 24.9 Å². The van der Waals surface area contributed by atoms with Gasteiger partial charge in [-0.3, -0.25) is 4.79 Å². The fourth-order valence-corrected chi connectivity index (χ4v) is 3.80. The first-order valence-corrected chi connectivity index (χ1v) is 10.9. The number of carbonyl (C=O) groups excluding carboxylic acids is 1. The molecule has 1 aliphatic rings. The minimum Gasteiger partial charge on any atom is -0.491 e. The Balaban J connectivity index is 1.86. The van der Waals surface area contributed by atoms with E-state index in [1.165, 1.54) is 25.3 Å². The number of rotatable bonds is 11. The SMILES string of the molecule is COC(=O)CCC/C=C\C[C@@H]1[C@@H](/C=C/[C@@H](O)COc2cccc(C(F)(F)F)c2)[C@H](O)C[C@H]1O. The lowest BCUT2D eigenvalue weighted by Gasteiger charge is -2.19. The van der Waals surface area contributed by atoms with Gasteiger partial charge >= 0.3 is 12.1 Å². The summed E-state index contributed by atoms with van der Waals surface area (Å²) in [6.45, 7) is -0.256. The number of methoxy groups -OCH3 is 1. The van der Waals surface area contributed by atoms with Crippen molar-refractivity contribution in [1.82, 2.24) is 0 Å². The minimum atomic E-state index is -4.48. The van der Waals surface area contributed by atoms with Crippen molar-refractivity contribution in [3.63, 3.8) is 0 Å². The zero-order valence-corrected chi connectivity index (χ0v) is 18.4. The average Bonchev–Trinajstić information content (AvgIpc) is 3.04. The third kappa shape index (κ3) is 8.83. The van der Waals surface area contributed by atoms with Crippen molar-refractivity contribution in [2.75, 3.05) is 13.7 Å². The average molecular weight is 473 g/mol. The smallest absolute Gasteiger partial charge is 0.416 e. The van der Waals surface area contributed by atoms with E-state index in [4.69, 9.17) is 4.74 Å². The first-order valence-electron chi connectivity index (χ1n) is 10.9. The molecule has 6 nitrogen and oxygen atoms in total. The molecule has 0 spiro atoms. The molecule has 1 aromatic carbocycles. The zero-order valence-electron chi connectivity index (χ0n) is 18.4. The highest BCUT2D eigenvalue weighted by molar-refractivity contribution is 5.69. The Hall–Kier alpha value is -2.36. The summed E-state index contributed by atoms with van der Waals surface area (Å²) in [4.78, 5) is 11.1. The van der Waals surface area contributed by atoms with Gasteiger partial charge in [0.15, 0.2) is 0 Å². The van der Waals surface area contributed by atoms with E-state index in [0.29, 0.717) is 25.7 Å². The normalized spacial score (nSPS) is 24.5. The third-order valence-electron chi connectivity index (χ3n) is 5.61. The van der Waals surface area contributed by atoms with Gasteiger partial charge in [-0.15, -0.1) is 0 Å². The molecule has 0 unspecified atom stereocenters. The van der Waals surface area contributed by atoms with Crippen LogP contribution in [0.15, 0.2) is 48.6 Å². The van der Waals surface area contributed by atoms with Crippen molar-refractivity contribution in [1.29, 1.82) is 0 Å². The van der Waals surface area contributed by atoms with Crippen LogP contribution in [0.25, 0.3) is 0 Å². The second kappa shape index (κ2) is 12.8. The summed E-state index contributed by atoms with van der Waals surface area (Å²) < 4.78 is 48.2. The van der Waals surface area contributed by atoms with E-state index in [-0.39, 0.29) is 36.6 Å². The third-order valence-corrected chi connectivity index (χ3v) is 5.61. The van der Waals surface area contributed by atoms with E-state index >= 15 is 0 Å². The topological polar surface area (TPSA) is 96.2 Å². The Morgan fingerprint density at radius 1 is 1.24 bits per heavy atom. The van der Waals surface area contributed by atoms with Gasteiger partial charge in [0.2, 0.25) is 0 Å². The van der Waals surface area contributed by atoms with Crippen LogP contribution in [0, 0.1) is 11.8 Å². The second-order valence-electron chi connectivity index (χ2n) is 8.08. The van der Waals surface area contributed by atoms with E-state index in [9.17, 15) is 33.3 Å². The maximum atomic E-state index is 12.8. The van der Waals surface area contributed by atoms with Crippen molar-refractivity contribution in [3.05, 3.63) is 54.1 Å². The number of allylic oxidation sites excluding steroid dienone is 2. The van der Waals surface area contributed by atoms with Gasteiger partial charge in [0.25, 0.3) is 0 Å². The number of aliphatic hydroxyl groups is 3. The number of hydrogen-bond acceptors (Lipinski definition) is 6. The molecule has 0 bridgehead atoms. The van der Waals surface area contributed by atoms with Crippen molar-refractivity contribution >= 4 is 5.97 Å². The number of benzene rings is 1. The Labute approximate surface area is 191 Å². The lowest BCUT2D eigenvalue weighted by atomic mass is 9.89. The molecule has 1 aromatic rings. The Morgan fingerprint density at radius 2 is 2.00 bits per heavy atom. The van der Waals surface area contributed by atoms with Crippen molar-refractivity contribution in [3.8, 4) is 5.75 Å². The van der Waals surface area contributed by atoms with Gasteiger partial charge in [0, 0.05) is 18.8 Å². The molecule has 9 heteroatoms. The summed E-state index contributed by atoms with van der Waals surface area (Å²) >= 11 is 0. The van der Waals surface area contributed by atoms with Crippen molar-refractivity contribution in [2.45, 2.75) is 56.6 Å². The van der Waals surface area contributed by atoms with Gasteiger partial charge in [-0.25, -0.2) is 0 Å². The van der Waals surface area contributed by atoms with Crippen LogP contribution < -0.4 is 4.74 Å². The summed E-state index contributed by atoms with van der Waals surface area (Å²) in [7, 11) is 1.34. The largest absolute Gasteiger partial charge is 0.491 e. The van der Waals surface area contributed by atoms with Gasteiger partial charge in [-0.2, -0.15) is 13.2 Å². The summed E-state index contributed by atoms with van der Waals surface area (Å²) in [5.41, 5.74) is -0.839. The predicted molar refractivity (Wildman–Crippen MR) is 115 cm³/mol. The molecule has 184 valence electrons. The lowest BCUT2D eigenvalue weighted by Crippen LogP contribution is -2.21. The Bertz CT molecular complexity index is 808. The second-order valence-corrected chi connectivity index (χ2v) is 8.08. The molecule has 1 saturated carbocycles. The van der Waals surface area contributed by atoms with Crippen LogP contribution in [0.5, 0.6) is 5.75 Å². The van der Waals surface area contributed by atoms with E-state index in [1.54, 1.807) is 6.08 Å². The van der Waals surface area contributed by atoms with Gasteiger partial charge in [-0.05, 0) is 43.4 Å². The lowest BCUT2D eigenvalue weighted by molar-refractivity contribution is -0.140. The van der Waals surface area contributed by atoms with Gasteiger partial charge < -0.3 is 24.8 Å². The van der Waals surface area contributed by atoms with Crippen LogP contribution in [0.2, 0.25) is 0 Å². The molecule has 3 N–H and O–H groups in total. The predicted octanol–water partition coefficient (Wildman–Crippen LogP) is 3.65. The monoisotopic (exact) mass is 472 g/mol. The minimum absolute atomic E-state index is 0.0104. The number of alkyl halides is 3. The maximum Gasteiger partial charge on any atom is 0.416 e.